The third-order valence-corrected chi connectivity index (χ3v) is 4.55. The standard InChI is InChI=1S/C19H10F6O8/c20-10-4(6(16(26)27)8(18(30)31)12(22)14(10)24)2-1-3-5-7(17(28)29)9(19(32)33)13(23)15(25)11(5)21/h1-3H2,(H,26,27)(H,28,29)(H,30,31)(H,32,33). The van der Waals surface area contributed by atoms with Crippen LogP contribution >= 0.6 is 0 Å². The van der Waals surface area contributed by atoms with Gasteiger partial charge in [0.05, 0.1) is 11.1 Å². The topological polar surface area (TPSA) is 149 Å². The lowest BCUT2D eigenvalue weighted by molar-refractivity contribution is 0.0643. The second-order valence-corrected chi connectivity index (χ2v) is 6.42. The van der Waals surface area contributed by atoms with Crippen molar-refractivity contribution in [1.82, 2.24) is 0 Å². The maximum Gasteiger partial charge on any atom is 0.339 e. The highest BCUT2D eigenvalue weighted by molar-refractivity contribution is 6.04. The van der Waals surface area contributed by atoms with E-state index in [0.717, 1.165) is 0 Å². The zero-order valence-electron chi connectivity index (χ0n) is 15.8. The van der Waals surface area contributed by atoms with Crippen LogP contribution in [-0.2, 0) is 12.8 Å². The molecule has 0 unspecified atom stereocenters. The second kappa shape index (κ2) is 9.18. The van der Waals surface area contributed by atoms with Gasteiger partial charge in [0, 0.05) is 11.1 Å². The zero-order valence-corrected chi connectivity index (χ0v) is 15.8. The predicted octanol–water partition coefficient (Wildman–Crippen LogP) is 3.49. The Morgan fingerprint density at radius 1 is 0.455 bits per heavy atom. The summed E-state index contributed by atoms with van der Waals surface area (Å²) >= 11 is 0. The van der Waals surface area contributed by atoms with Crippen LogP contribution in [0.4, 0.5) is 26.3 Å². The van der Waals surface area contributed by atoms with E-state index in [4.69, 9.17) is 20.4 Å². The van der Waals surface area contributed by atoms with Crippen molar-refractivity contribution in [2.75, 3.05) is 0 Å². The average molecular weight is 480 g/mol. The molecule has 2 aromatic rings. The van der Waals surface area contributed by atoms with Crippen LogP contribution in [0.1, 0.15) is 59.0 Å². The molecule has 33 heavy (non-hydrogen) atoms. The van der Waals surface area contributed by atoms with Gasteiger partial charge in [0.15, 0.2) is 34.9 Å². The highest BCUT2D eigenvalue weighted by Gasteiger charge is 2.34. The molecule has 0 radical (unpaired) electrons. The number of carboxylic acids is 4. The number of hydrogen-bond acceptors (Lipinski definition) is 4. The lowest BCUT2D eigenvalue weighted by Crippen LogP contribution is -2.19. The Bertz CT molecular complexity index is 1130. The summed E-state index contributed by atoms with van der Waals surface area (Å²) in [5, 5.41) is 36.3. The van der Waals surface area contributed by atoms with Gasteiger partial charge >= 0.3 is 23.9 Å². The molecule has 176 valence electrons. The Hall–Kier alpha value is -4.10. The summed E-state index contributed by atoms with van der Waals surface area (Å²) in [5.74, 6) is -22.3. The van der Waals surface area contributed by atoms with E-state index in [0.29, 0.717) is 0 Å². The van der Waals surface area contributed by atoms with Crippen molar-refractivity contribution in [3.05, 3.63) is 68.3 Å². The summed E-state index contributed by atoms with van der Waals surface area (Å²) in [5.41, 5.74) is -8.75. The first-order valence-corrected chi connectivity index (χ1v) is 8.55. The van der Waals surface area contributed by atoms with E-state index in [2.05, 4.69) is 0 Å². The van der Waals surface area contributed by atoms with Crippen molar-refractivity contribution in [1.29, 1.82) is 0 Å². The summed E-state index contributed by atoms with van der Waals surface area (Å²) in [6.07, 6.45) is -2.68. The highest BCUT2D eigenvalue weighted by Crippen LogP contribution is 2.30. The normalized spacial score (nSPS) is 10.8. The van der Waals surface area contributed by atoms with Gasteiger partial charge in [-0.05, 0) is 19.3 Å². The van der Waals surface area contributed by atoms with Gasteiger partial charge in [0.25, 0.3) is 0 Å². The molecule has 0 saturated carbocycles. The van der Waals surface area contributed by atoms with Crippen molar-refractivity contribution in [3.8, 4) is 0 Å². The summed E-state index contributed by atoms with van der Waals surface area (Å²) in [4.78, 5) is 45.1. The monoisotopic (exact) mass is 480 g/mol. The van der Waals surface area contributed by atoms with Gasteiger partial charge < -0.3 is 20.4 Å². The second-order valence-electron chi connectivity index (χ2n) is 6.42. The summed E-state index contributed by atoms with van der Waals surface area (Å²) in [6, 6.07) is 0. The first kappa shape index (κ1) is 25.2. The fourth-order valence-electron chi connectivity index (χ4n) is 3.20. The first-order valence-electron chi connectivity index (χ1n) is 8.55. The van der Waals surface area contributed by atoms with Gasteiger partial charge in [-0.2, -0.15) is 0 Å². The average Bonchev–Trinajstić information content (AvgIpc) is 2.71. The Morgan fingerprint density at radius 2 is 0.727 bits per heavy atom. The van der Waals surface area contributed by atoms with E-state index in [1.54, 1.807) is 0 Å². The van der Waals surface area contributed by atoms with Gasteiger partial charge in [-0.15, -0.1) is 0 Å². The maximum absolute atomic E-state index is 14.2. The van der Waals surface area contributed by atoms with Crippen LogP contribution in [0.15, 0.2) is 0 Å². The molecule has 0 atom stereocenters. The van der Waals surface area contributed by atoms with E-state index >= 15 is 0 Å². The SMILES string of the molecule is O=C(O)c1c(F)c(F)c(F)c(CCCc2c(F)c(F)c(F)c(C(=O)O)c2C(=O)O)c1C(=O)O. The minimum absolute atomic E-state index is 0.747. The molecule has 0 heterocycles. The van der Waals surface area contributed by atoms with Crippen LogP contribution in [0.3, 0.4) is 0 Å². The number of carboxylic acid groups (broad SMARTS) is 4. The highest BCUT2D eigenvalue weighted by atomic mass is 19.2. The number of halogens is 6. The molecule has 4 N–H and O–H groups in total. The third kappa shape index (κ3) is 4.31. The maximum atomic E-state index is 14.2. The van der Waals surface area contributed by atoms with Gasteiger partial charge in [-0.25, -0.2) is 45.5 Å². The fourth-order valence-corrected chi connectivity index (χ4v) is 3.20. The Kier molecular flexibility index (Phi) is 7.00. The summed E-state index contributed by atoms with van der Waals surface area (Å²) < 4.78 is 83.5. The Balaban J connectivity index is 2.61. The predicted molar refractivity (Wildman–Crippen MR) is 92.5 cm³/mol. The van der Waals surface area contributed by atoms with Crippen molar-refractivity contribution < 1.29 is 65.9 Å². The molecular weight excluding hydrogens is 470 g/mol. The smallest absolute Gasteiger partial charge is 0.339 e. The van der Waals surface area contributed by atoms with Gasteiger partial charge in [-0.1, -0.05) is 0 Å². The molecule has 8 nitrogen and oxygen atoms in total. The Morgan fingerprint density at radius 3 is 0.970 bits per heavy atom. The Labute approximate surface area is 178 Å². The van der Waals surface area contributed by atoms with Gasteiger partial charge in [-0.3, -0.25) is 0 Å². The third-order valence-electron chi connectivity index (χ3n) is 4.55. The molecule has 0 saturated heterocycles. The molecule has 2 aromatic carbocycles. The number of carbonyl (C=O) groups is 4. The molecule has 0 aliphatic heterocycles. The van der Waals surface area contributed by atoms with Crippen LogP contribution in [-0.4, -0.2) is 44.3 Å². The van der Waals surface area contributed by atoms with Gasteiger partial charge in [0.1, 0.15) is 11.1 Å². The minimum atomic E-state index is -2.33. The first-order chi connectivity index (χ1) is 15.2. The van der Waals surface area contributed by atoms with Crippen molar-refractivity contribution in [2.45, 2.75) is 19.3 Å². The molecule has 0 spiro atoms. The van der Waals surface area contributed by atoms with E-state index in [-0.39, 0.29) is 0 Å². The zero-order chi connectivity index (χ0) is 25.4. The molecule has 0 aromatic heterocycles. The van der Waals surface area contributed by atoms with E-state index < -0.39 is 111 Å². The number of hydrogen-bond donors (Lipinski definition) is 4. The van der Waals surface area contributed by atoms with Crippen LogP contribution in [0.2, 0.25) is 0 Å². The molecule has 0 aliphatic rings. The van der Waals surface area contributed by atoms with Crippen molar-refractivity contribution in [3.63, 3.8) is 0 Å². The van der Waals surface area contributed by atoms with Crippen molar-refractivity contribution >= 4 is 23.9 Å². The lowest BCUT2D eigenvalue weighted by Gasteiger charge is -2.15. The van der Waals surface area contributed by atoms with Crippen LogP contribution < -0.4 is 0 Å². The van der Waals surface area contributed by atoms with Crippen LogP contribution in [0.25, 0.3) is 0 Å². The van der Waals surface area contributed by atoms with Gasteiger partial charge in [0.2, 0.25) is 0 Å². The molecule has 0 amide bonds. The number of benzene rings is 2. The van der Waals surface area contributed by atoms with E-state index in [1.165, 1.54) is 0 Å². The quantitative estimate of drug-likeness (QED) is 0.331. The van der Waals surface area contributed by atoms with Crippen molar-refractivity contribution in [2.24, 2.45) is 0 Å². The summed E-state index contributed by atoms with van der Waals surface area (Å²) in [7, 11) is 0. The summed E-state index contributed by atoms with van der Waals surface area (Å²) in [6.45, 7) is 0. The van der Waals surface area contributed by atoms with Crippen LogP contribution in [0.5, 0.6) is 0 Å². The minimum Gasteiger partial charge on any atom is -0.478 e. The molecule has 0 fully saturated rings. The number of rotatable bonds is 8. The van der Waals surface area contributed by atoms with E-state index in [1.807, 2.05) is 0 Å². The van der Waals surface area contributed by atoms with Crippen LogP contribution in [0, 0.1) is 34.9 Å². The molecule has 2 rings (SSSR count). The molecule has 0 bridgehead atoms. The molecule has 14 heteroatoms. The lowest BCUT2D eigenvalue weighted by atomic mass is 9.92. The molecular formula is C19H10F6O8. The largest absolute Gasteiger partial charge is 0.478 e. The number of aromatic carboxylic acids is 4. The molecule has 0 aliphatic carbocycles. The fraction of sp³-hybridized carbons (Fsp3) is 0.158. The van der Waals surface area contributed by atoms with E-state index in [9.17, 15) is 45.5 Å².